The molecule has 4 N–H and O–H groups in total. The standard InChI is InChI=1S/C24H32N2O8/c1-32-12-19(29)26(10-13-3-4-13)17-9-16(24(31)25-5-6-27)20-15-7-14(11-28)8-18(33-2)22(15)34-23(20)21(17)30/h7-9,13,17,20-21,23,27-28,30H,3-6,10-12H2,1-2H3,(H,25,31)/t17-,20+,21+,23+/m1/s1. The SMILES string of the molecule is COCC(=O)N(CC1CC1)[C@@H]1C=C(C(=O)NCCO)[C@@H]2c3cc(CO)cc(OC)c3O[C@@H]2[C@H]1O. The van der Waals surface area contributed by atoms with Gasteiger partial charge in [0.2, 0.25) is 11.8 Å². The van der Waals surface area contributed by atoms with Gasteiger partial charge in [-0.3, -0.25) is 9.59 Å². The molecule has 3 aliphatic rings. The molecule has 0 radical (unpaired) electrons. The summed E-state index contributed by atoms with van der Waals surface area (Å²) in [6.07, 6.45) is 1.67. The van der Waals surface area contributed by atoms with Crippen LogP contribution in [0.5, 0.6) is 11.5 Å². The maximum absolute atomic E-state index is 13.2. The summed E-state index contributed by atoms with van der Waals surface area (Å²) in [6, 6.07) is 2.59. The highest BCUT2D eigenvalue weighted by atomic mass is 16.5. The first-order valence-corrected chi connectivity index (χ1v) is 11.5. The molecule has 2 amide bonds. The fourth-order valence-electron chi connectivity index (χ4n) is 4.79. The fourth-order valence-corrected chi connectivity index (χ4v) is 4.79. The zero-order valence-electron chi connectivity index (χ0n) is 19.4. The van der Waals surface area contributed by atoms with Crippen molar-refractivity contribution in [1.29, 1.82) is 0 Å². The van der Waals surface area contributed by atoms with Crippen LogP contribution in [0.3, 0.4) is 0 Å². The lowest BCUT2D eigenvalue weighted by atomic mass is 9.77. The van der Waals surface area contributed by atoms with Crippen LogP contribution >= 0.6 is 0 Å². The number of nitrogens with zero attached hydrogens (tertiary/aromatic N) is 1. The maximum atomic E-state index is 13.2. The van der Waals surface area contributed by atoms with E-state index in [0.29, 0.717) is 40.7 Å². The third kappa shape index (κ3) is 4.63. The normalized spacial score (nSPS) is 25.0. The Kier molecular flexibility index (Phi) is 7.42. The zero-order chi connectivity index (χ0) is 24.4. The van der Waals surface area contributed by atoms with E-state index >= 15 is 0 Å². The van der Waals surface area contributed by atoms with E-state index in [2.05, 4.69) is 5.32 Å². The molecule has 10 heteroatoms. The molecule has 1 heterocycles. The van der Waals surface area contributed by atoms with Crippen LogP contribution in [0.25, 0.3) is 0 Å². The van der Waals surface area contributed by atoms with E-state index in [0.717, 1.165) is 12.8 Å². The van der Waals surface area contributed by atoms with Crippen LogP contribution in [0.4, 0.5) is 0 Å². The number of fused-ring (bicyclic) bond motifs is 3. The van der Waals surface area contributed by atoms with Gasteiger partial charge in [0.25, 0.3) is 0 Å². The predicted octanol–water partition coefficient (Wildman–Crippen LogP) is -0.305. The van der Waals surface area contributed by atoms with Crippen molar-refractivity contribution in [1.82, 2.24) is 10.2 Å². The summed E-state index contributed by atoms with van der Waals surface area (Å²) in [5.41, 5.74) is 1.53. The molecule has 4 rings (SSSR count). The molecule has 0 bridgehead atoms. The van der Waals surface area contributed by atoms with Crippen molar-refractivity contribution >= 4 is 11.8 Å². The Hall–Kier alpha value is -2.66. The first-order chi connectivity index (χ1) is 16.4. The van der Waals surface area contributed by atoms with Crippen molar-refractivity contribution in [3.63, 3.8) is 0 Å². The molecule has 1 fully saturated rings. The molecule has 1 aliphatic heterocycles. The van der Waals surface area contributed by atoms with Gasteiger partial charge in [-0.15, -0.1) is 0 Å². The minimum absolute atomic E-state index is 0.0584. The van der Waals surface area contributed by atoms with Gasteiger partial charge in [0.15, 0.2) is 11.5 Å². The Morgan fingerprint density at radius 3 is 2.62 bits per heavy atom. The number of amides is 2. The lowest BCUT2D eigenvalue weighted by Crippen LogP contribution is -2.56. The fraction of sp³-hybridized carbons (Fsp3) is 0.583. The topological polar surface area (TPSA) is 138 Å². The van der Waals surface area contributed by atoms with Crippen LogP contribution in [0.2, 0.25) is 0 Å². The summed E-state index contributed by atoms with van der Waals surface area (Å²) >= 11 is 0. The maximum Gasteiger partial charge on any atom is 0.249 e. The molecule has 0 spiro atoms. The highest BCUT2D eigenvalue weighted by molar-refractivity contribution is 5.96. The quantitative estimate of drug-likeness (QED) is 0.361. The summed E-state index contributed by atoms with van der Waals surface area (Å²) in [6.45, 7) is -0.0899. The van der Waals surface area contributed by atoms with Crippen LogP contribution in [-0.4, -0.2) is 90.8 Å². The van der Waals surface area contributed by atoms with Crippen LogP contribution in [0.1, 0.15) is 29.9 Å². The Labute approximate surface area is 198 Å². The Morgan fingerprint density at radius 1 is 1.24 bits per heavy atom. The summed E-state index contributed by atoms with van der Waals surface area (Å²) in [5, 5.41) is 33.0. The van der Waals surface area contributed by atoms with Gasteiger partial charge in [-0.25, -0.2) is 0 Å². The molecule has 1 aromatic rings. The molecule has 0 aromatic heterocycles. The third-order valence-electron chi connectivity index (χ3n) is 6.59. The minimum atomic E-state index is -1.12. The monoisotopic (exact) mass is 476 g/mol. The molecule has 0 unspecified atom stereocenters. The van der Waals surface area contributed by atoms with Crippen LogP contribution in [0, 0.1) is 5.92 Å². The molecule has 1 saturated carbocycles. The lowest BCUT2D eigenvalue weighted by Gasteiger charge is -2.40. The number of hydrogen-bond acceptors (Lipinski definition) is 8. The number of hydrogen-bond donors (Lipinski definition) is 4. The molecule has 0 saturated heterocycles. The second-order valence-electron chi connectivity index (χ2n) is 8.94. The van der Waals surface area contributed by atoms with Gasteiger partial charge in [-0.2, -0.15) is 0 Å². The van der Waals surface area contributed by atoms with Crippen molar-refractivity contribution in [2.75, 3.05) is 40.5 Å². The van der Waals surface area contributed by atoms with Crippen LogP contribution in [-0.2, 0) is 20.9 Å². The van der Waals surface area contributed by atoms with Crippen molar-refractivity contribution in [3.8, 4) is 11.5 Å². The summed E-state index contributed by atoms with van der Waals surface area (Å²) < 4.78 is 16.7. The molecule has 1 aromatic carbocycles. The van der Waals surface area contributed by atoms with E-state index < -0.39 is 30.1 Å². The lowest BCUT2D eigenvalue weighted by molar-refractivity contribution is -0.141. The molecular weight excluding hydrogens is 444 g/mol. The number of carbonyl (C=O) groups excluding carboxylic acids is 2. The summed E-state index contributed by atoms with van der Waals surface area (Å²) in [5.74, 6) is -0.206. The van der Waals surface area contributed by atoms with E-state index in [9.17, 15) is 24.9 Å². The van der Waals surface area contributed by atoms with E-state index in [-0.39, 0.29) is 32.3 Å². The van der Waals surface area contributed by atoms with Gasteiger partial charge >= 0.3 is 0 Å². The van der Waals surface area contributed by atoms with Crippen LogP contribution in [0.15, 0.2) is 23.8 Å². The first-order valence-electron chi connectivity index (χ1n) is 11.5. The summed E-state index contributed by atoms with van der Waals surface area (Å²) in [4.78, 5) is 27.7. The first kappa shape index (κ1) is 24.5. The average Bonchev–Trinajstić information content (AvgIpc) is 3.58. The number of carbonyl (C=O) groups is 2. The Bertz CT molecular complexity index is 961. The number of methoxy groups -OCH3 is 2. The van der Waals surface area contributed by atoms with Crippen molar-refractivity contribution in [2.45, 2.75) is 43.6 Å². The number of aliphatic hydroxyl groups is 3. The van der Waals surface area contributed by atoms with Crippen molar-refractivity contribution in [2.24, 2.45) is 5.92 Å². The summed E-state index contributed by atoms with van der Waals surface area (Å²) in [7, 11) is 2.92. The number of benzene rings is 1. The van der Waals surface area contributed by atoms with Crippen molar-refractivity contribution < 1.29 is 39.1 Å². The highest BCUT2D eigenvalue weighted by Crippen LogP contribution is 2.51. The molecule has 10 nitrogen and oxygen atoms in total. The Morgan fingerprint density at radius 2 is 2.00 bits per heavy atom. The predicted molar refractivity (Wildman–Crippen MR) is 120 cm³/mol. The average molecular weight is 477 g/mol. The number of ether oxygens (including phenoxy) is 3. The number of nitrogens with one attached hydrogen (secondary N) is 1. The second-order valence-corrected chi connectivity index (χ2v) is 8.94. The van der Waals surface area contributed by atoms with E-state index in [1.54, 1.807) is 23.1 Å². The number of aliphatic hydroxyl groups excluding tert-OH is 3. The minimum Gasteiger partial charge on any atom is -0.493 e. The molecule has 186 valence electrons. The largest absolute Gasteiger partial charge is 0.493 e. The molecule has 34 heavy (non-hydrogen) atoms. The molecule has 2 aliphatic carbocycles. The second kappa shape index (κ2) is 10.3. The van der Waals surface area contributed by atoms with E-state index in [1.165, 1.54) is 14.2 Å². The van der Waals surface area contributed by atoms with Crippen molar-refractivity contribution in [3.05, 3.63) is 34.9 Å². The number of rotatable bonds is 10. The molecule has 4 atom stereocenters. The highest BCUT2D eigenvalue weighted by Gasteiger charge is 2.51. The smallest absolute Gasteiger partial charge is 0.249 e. The van der Waals surface area contributed by atoms with Gasteiger partial charge in [-0.1, -0.05) is 0 Å². The van der Waals surface area contributed by atoms with Gasteiger partial charge < -0.3 is 39.7 Å². The Balaban J connectivity index is 1.78. The van der Waals surface area contributed by atoms with E-state index in [1.807, 2.05) is 0 Å². The van der Waals surface area contributed by atoms with Gasteiger partial charge in [-0.05, 0) is 42.5 Å². The van der Waals surface area contributed by atoms with Gasteiger partial charge in [0, 0.05) is 31.3 Å². The molecular formula is C24H32N2O8. The third-order valence-corrected chi connectivity index (χ3v) is 6.59. The van der Waals surface area contributed by atoms with Gasteiger partial charge in [0.05, 0.1) is 32.3 Å². The van der Waals surface area contributed by atoms with E-state index in [4.69, 9.17) is 14.2 Å². The van der Waals surface area contributed by atoms with Gasteiger partial charge in [0.1, 0.15) is 18.8 Å². The van der Waals surface area contributed by atoms with Crippen LogP contribution < -0.4 is 14.8 Å². The zero-order valence-corrected chi connectivity index (χ0v) is 19.4.